The van der Waals surface area contributed by atoms with Gasteiger partial charge < -0.3 is 9.47 Å². The van der Waals surface area contributed by atoms with E-state index in [2.05, 4.69) is 5.10 Å². The van der Waals surface area contributed by atoms with Crippen molar-refractivity contribution in [1.29, 1.82) is 0 Å². The monoisotopic (exact) mass is 380 g/mol. The molecule has 3 rings (SSSR count). The molecule has 0 amide bonds. The number of rotatable bonds is 7. The molecule has 146 valence electrons. The fraction of sp³-hybridized carbons (Fsp3) is 0.318. The third kappa shape index (κ3) is 4.39. The number of ether oxygens (including phenoxy) is 2. The van der Waals surface area contributed by atoms with Crippen molar-refractivity contribution in [2.24, 2.45) is 5.92 Å². The van der Waals surface area contributed by atoms with Gasteiger partial charge in [0.2, 0.25) is 0 Å². The summed E-state index contributed by atoms with van der Waals surface area (Å²) in [5, 5.41) is 5.24. The minimum Gasteiger partial charge on any atom is -0.490 e. The van der Waals surface area contributed by atoms with Crippen LogP contribution < -0.4 is 10.3 Å². The lowest BCUT2D eigenvalue weighted by atomic mass is 10.1. The van der Waals surface area contributed by atoms with E-state index in [-0.39, 0.29) is 30.4 Å². The predicted molar refractivity (Wildman–Crippen MR) is 108 cm³/mol. The number of aromatic nitrogens is 2. The first-order valence-electron chi connectivity index (χ1n) is 9.32. The van der Waals surface area contributed by atoms with E-state index in [0.29, 0.717) is 17.3 Å². The van der Waals surface area contributed by atoms with Gasteiger partial charge in [-0.1, -0.05) is 50.2 Å². The van der Waals surface area contributed by atoms with E-state index in [9.17, 15) is 9.59 Å². The summed E-state index contributed by atoms with van der Waals surface area (Å²) in [6, 6.07) is 14.6. The third-order valence-corrected chi connectivity index (χ3v) is 4.27. The first-order chi connectivity index (χ1) is 13.5. The Balaban J connectivity index is 1.76. The average Bonchev–Trinajstić information content (AvgIpc) is 2.68. The van der Waals surface area contributed by atoms with Gasteiger partial charge in [-0.05, 0) is 30.5 Å². The van der Waals surface area contributed by atoms with Gasteiger partial charge in [0, 0.05) is 11.9 Å². The van der Waals surface area contributed by atoms with Crippen molar-refractivity contribution in [1.82, 2.24) is 9.78 Å². The fourth-order valence-electron chi connectivity index (χ4n) is 2.93. The second-order valence-corrected chi connectivity index (χ2v) is 7.03. The highest BCUT2D eigenvalue weighted by Crippen LogP contribution is 2.17. The minimum absolute atomic E-state index is 0.0898. The van der Waals surface area contributed by atoms with Crippen LogP contribution in [0.5, 0.6) is 5.75 Å². The standard InChI is InChI=1S/C22H24N2O4/c1-15(2)14-24-21(25)18-10-6-5-9-17(18)20(23-24)22(26)28-13-12-27-19-11-7-4-8-16(19)3/h4-11,15H,12-14H2,1-3H3. The molecule has 0 aliphatic heterocycles. The van der Waals surface area contributed by atoms with Gasteiger partial charge in [0.15, 0.2) is 5.69 Å². The summed E-state index contributed by atoms with van der Waals surface area (Å²) >= 11 is 0. The van der Waals surface area contributed by atoms with E-state index in [4.69, 9.17) is 9.47 Å². The maximum atomic E-state index is 12.6. The fourth-order valence-corrected chi connectivity index (χ4v) is 2.93. The van der Waals surface area contributed by atoms with Crippen LogP contribution >= 0.6 is 0 Å². The Labute approximate surface area is 163 Å². The van der Waals surface area contributed by atoms with Gasteiger partial charge in [-0.2, -0.15) is 5.10 Å². The van der Waals surface area contributed by atoms with Crippen LogP contribution in [0.15, 0.2) is 53.3 Å². The number of carbonyl (C=O) groups excluding carboxylic acids is 1. The summed E-state index contributed by atoms with van der Waals surface area (Å²) < 4.78 is 12.3. The number of carbonyl (C=O) groups is 1. The van der Waals surface area contributed by atoms with Crippen molar-refractivity contribution < 1.29 is 14.3 Å². The molecule has 6 heteroatoms. The molecule has 6 nitrogen and oxygen atoms in total. The molecule has 0 saturated heterocycles. The summed E-state index contributed by atoms with van der Waals surface area (Å²) in [5.41, 5.74) is 0.956. The lowest BCUT2D eigenvalue weighted by Gasteiger charge is -2.13. The van der Waals surface area contributed by atoms with Crippen molar-refractivity contribution in [2.75, 3.05) is 13.2 Å². The minimum atomic E-state index is -0.568. The zero-order valence-electron chi connectivity index (χ0n) is 16.3. The van der Waals surface area contributed by atoms with Crippen LogP contribution in [-0.4, -0.2) is 29.0 Å². The van der Waals surface area contributed by atoms with E-state index in [1.807, 2.05) is 45.0 Å². The first kappa shape index (κ1) is 19.6. The number of benzene rings is 2. The van der Waals surface area contributed by atoms with E-state index in [1.165, 1.54) is 4.68 Å². The molecule has 0 aliphatic rings. The molecule has 3 aromatic rings. The lowest BCUT2D eigenvalue weighted by molar-refractivity contribution is 0.0442. The highest BCUT2D eigenvalue weighted by Gasteiger charge is 2.18. The SMILES string of the molecule is Cc1ccccc1OCCOC(=O)c1nn(CC(C)C)c(=O)c2ccccc12. The highest BCUT2D eigenvalue weighted by molar-refractivity contribution is 6.02. The smallest absolute Gasteiger partial charge is 0.359 e. The molecule has 0 fully saturated rings. The Kier molecular flexibility index (Phi) is 6.09. The van der Waals surface area contributed by atoms with Crippen molar-refractivity contribution >= 4 is 16.7 Å². The summed E-state index contributed by atoms with van der Waals surface area (Å²) in [4.78, 5) is 25.2. The number of hydrogen-bond acceptors (Lipinski definition) is 5. The third-order valence-electron chi connectivity index (χ3n) is 4.27. The summed E-state index contributed by atoms with van der Waals surface area (Å²) in [6.07, 6.45) is 0. The molecule has 0 bridgehead atoms. The van der Waals surface area contributed by atoms with Crippen LogP contribution in [0.2, 0.25) is 0 Å². The van der Waals surface area contributed by atoms with Crippen molar-refractivity contribution in [3.05, 3.63) is 70.1 Å². The Hall–Kier alpha value is -3.15. The molecule has 0 spiro atoms. The number of para-hydroxylation sites is 1. The Morgan fingerprint density at radius 2 is 1.71 bits per heavy atom. The molecule has 0 radical (unpaired) electrons. The number of aryl methyl sites for hydroxylation is 1. The van der Waals surface area contributed by atoms with Gasteiger partial charge in [0.05, 0.1) is 5.39 Å². The van der Waals surface area contributed by atoms with Gasteiger partial charge in [0.1, 0.15) is 19.0 Å². The normalized spacial score (nSPS) is 11.0. The molecule has 0 saturated carbocycles. The van der Waals surface area contributed by atoms with Gasteiger partial charge in [-0.25, -0.2) is 9.48 Å². The zero-order valence-corrected chi connectivity index (χ0v) is 16.3. The van der Waals surface area contributed by atoms with Crippen LogP contribution in [-0.2, 0) is 11.3 Å². The second-order valence-electron chi connectivity index (χ2n) is 7.03. The molecule has 0 aliphatic carbocycles. The van der Waals surface area contributed by atoms with E-state index >= 15 is 0 Å². The van der Waals surface area contributed by atoms with E-state index < -0.39 is 5.97 Å². The van der Waals surface area contributed by atoms with Gasteiger partial charge in [0.25, 0.3) is 5.56 Å². The molecule has 28 heavy (non-hydrogen) atoms. The van der Waals surface area contributed by atoms with Gasteiger partial charge >= 0.3 is 5.97 Å². The lowest BCUT2D eigenvalue weighted by Crippen LogP contribution is -2.28. The van der Waals surface area contributed by atoms with Crippen LogP contribution in [0, 0.1) is 12.8 Å². The maximum absolute atomic E-state index is 12.6. The Bertz CT molecular complexity index is 1040. The van der Waals surface area contributed by atoms with Crippen molar-refractivity contribution in [3.8, 4) is 5.75 Å². The van der Waals surface area contributed by atoms with Crippen molar-refractivity contribution in [2.45, 2.75) is 27.3 Å². The van der Waals surface area contributed by atoms with Crippen LogP contribution in [0.1, 0.15) is 29.9 Å². The Morgan fingerprint density at radius 3 is 2.43 bits per heavy atom. The molecular formula is C22H24N2O4. The van der Waals surface area contributed by atoms with E-state index in [0.717, 1.165) is 11.3 Å². The van der Waals surface area contributed by atoms with E-state index in [1.54, 1.807) is 24.3 Å². The first-order valence-corrected chi connectivity index (χ1v) is 9.32. The number of fused-ring (bicyclic) bond motifs is 1. The largest absolute Gasteiger partial charge is 0.490 e. The van der Waals surface area contributed by atoms with Gasteiger partial charge in [-0.15, -0.1) is 0 Å². The molecule has 1 heterocycles. The van der Waals surface area contributed by atoms with Crippen molar-refractivity contribution in [3.63, 3.8) is 0 Å². The molecule has 2 aromatic carbocycles. The average molecular weight is 380 g/mol. The molecule has 1 aromatic heterocycles. The second kappa shape index (κ2) is 8.69. The maximum Gasteiger partial charge on any atom is 0.359 e. The van der Waals surface area contributed by atoms with Crippen LogP contribution in [0.4, 0.5) is 0 Å². The zero-order chi connectivity index (χ0) is 20.1. The summed E-state index contributed by atoms with van der Waals surface area (Å²) in [5.74, 6) is 0.410. The predicted octanol–water partition coefficient (Wildman–Crippen LogP) is 3.60. The summed E-state index contributed by atoms with van der Waals surface area (Å²) in [6.45, 7) is 6.69. The number of hydrogen-bond donors (Lipinski definition) is 0. The van der Waals surface area contributed by atoms with Gasteiger partial charge in [-0.3, -0.25) is 4.79 Å². The topological polar surface area (TPSA) is 70.4 Å². The Morgan fingerprint density at radius 1 is 1.04 bits per heavy atom. The summed E-state index contributed by atoms with van der Waals surface area (Å²) in [7, 11) is 0. The number of nitrogens with zero attached hydrogens (tertiary/aromatic N) is 2. The highest BCUT2D eigenvalue weighted by atomic mass is 16.6. The molecular weight excluding hydrogens is 356 g/mol. The quantitative estimate of drug-likeness (QED) is 0.463. The molecule has 0 N–H and O–H groups in total. The molecule has 0 unspecified atom stereocenters. The number of esters is 1. The molecule has 0 atom stereocenters. The van der Waals surface area contributed by atoms with Crippen LogP contribution in [0.3, 0.4) is 0 Å². The van der Waals surface area contributed by atoms with Crippen LogP contribution in [0.25, 0.3) is 10.8 Å².